The molecule has 0 amide bonds. The fraction of sp³-hybridized carbons (Fsp3) is 0.250. The molecule has 0 aliphatic carbocycles. The summed E-state index contributed by atoms with van der Waals surface area (Å²) in [6.07, 6.45) is 0.596. The molecule has 2 aromatic carbocycles. The molecule has 11 nitrogen and oxygen atoms in total. The molecule has 36 heavy (non-hydrogen) atoms. The summed E-state index contributed by atoms with van der Waals surface area (Å²) in [5.41, 5.74) is 2.96. The van der Waals surface area contributed by atoms with Gasteiger partial charge in [-0.3, -0.25) is 13.9 Å². The first kappa shape index (κ1) is 25.2. The molecule has 188 valence electrons. The number of aliphatic hydroxyl groups excluding tert-OH is 1. The molecular weight excluding hydrogens is 532 g/mol. The lowest BCUT2D eigenvalue weighted by Crippen LogP contribution is -2.38. The van der Waals surface area contributed by atoms with Gasteiger partial charge in [0.15, 0.2) is 11.2 Å². The summed E-state index contributed by atoms with van der Waals surface area (Å²) >= 11 is 3.39. The van der Waals surface area contributed by atoms with Gasteiger partial charge in [-0.05, 0) is 42.0 Å². The van der Waals surface area contributed by atoms with E-state index in [1.165, 1.54) is 23.2 Å². The second-order valence-electron chi connectivity index (χ2n) is 7.99. The Kier molecular flexibility index (Phi) is 7.55. The third kappa shape index (κ3) is 5.34. The van der Waals surface area contributed by atoms with Gasteiger partial charge in [0.1, 0.15) is 24.2 Å². The number of methoxy groups -OCH3 is 1. The Hall–Kier alpha value is -3.90. The van der Waals surface area contributed by atoms with Crippen molar-refractivity contribution >= 4 is 39.3 Å². The fourth-order valence-corrected chi connectivity index (χ4v) is 3.82. The molecule has 0 unspecified atom stereocenters. The van der Waals surface area contributed by atoms with Crippen molar-refractivity contribution in [2.24, 2.45) is 19.2 Å². The number of halogens is 1. The topological polar surface area (TPSA) is 125 Å². The minimum absolute atomic E-state index is 0.0315. The standard InChI is InChI=1S/C24H25BrN6O5/c1-29-21-20(22(33)30(2)24(29)34)31(13-17(32)14-36-19-10-8-18(35-3)9-11-19)23(27-21)28-26-12-15-4-6-16(25)7-5-15/h4-12,17,32H,13-14H2,1-3H3,(H,27,28)/b26-12-/t17-/m1/s1. The zero-order valence-electron chi connectivity index (χ0n) is 19.9. The van der Waals surface area contributed by atoms with Gasteiger partial charge in [-0.1, -0.05) is 28.1 Å². The lowest BCUT2D eigenvalue weighted by Gasteiger charge is -2.15. The van der Waals surface area contributed by atoms with Crippen LogP contribution in [0.2, 0.25) is 0 Å². The normalized spacial score (nSPS) is 12.2. The van der Waals surface area contributed by atoms with Crippen LogP contribution in [0, 0.1) is 0 Å². The maximum absolute atomic E-state index is 13.0. The number of imidazole rings is 1. The van der Waals surface area contributed by atoms with E-state index in [0.717, 1.165) is 14.6 Å². The van der Waals surface area contributed by atoms with Crippen LogP contribution in [0.5, 0.6) is 11.5 Å². The van der Waals surface area contributed by atoms with E-state index in [9.17, 15) is 14.7 Å². The second kappa shape index (κ2) is 10.8. The minimum Gasteiger partial charge on any atom is -0.497 e. The highest BCUT2D eigenvalue weighted by atomic mass is 79.9. The van der Waals surface area contributed by atoms with E-state index in [-0.39, 0.29) is 30.3 Å². The molecule has 12 heteroatoms. The fourth-order valence-electron chi connectivity index (χ4n) is 3.55. The summed E-state index contributed by atoms with van der Waals surface area (Å²) in [5, 5.41) is 15.0. The van der Waals surface area contributed by atoms with Gasteiger partial charge in [-0.15, -0.1) is 0 Å². The Morgan fingerprint density at radius 2 is 1.75 bits per heavy atom. The number of hydrazone groups is 1. The lowest BCUT2D eigenvalue weighted by molar-refractivity contribution is 0.0938. The minimum atomic E-state index is -0.998. The highest BCUT2D eigenvalue weighted by molar-refractivity contribution is 9.10. The van der Waals surface area contributed by atoms with Crippen LogP contribution in [0.1, 0.15) is 5.56 Å². The van der Waals surface area contributed by atoms with Crippen LogP contribution in [0.25, 0.3) is 11.2 Å². The number of benzene rings is 2. The first-order valence-electron chi connectivity index (χ1n) is 10.9. The number of rotatable bonds is 9. The largest absolute Gasteiger partial charge is 0.497 e. The third-order valence-corrected chi connectivity index (χ3v) is 6.02. The van der Waals surface area contributed by atoms with E-state index in [0.29, 0.717) is 11.5 Å². The van der Waals surface area contributed by atoms with Gasteiger partial charge in [0.2, 0.25) is 5.95 Å². The smallest absolute Gasteiger partial charge is 0.332 e. The summed E-state index contributed by atoms with van der Waals surface area (Å²) in [7, 11) is 4.49. The van der Waals surface area contributed by atoms with Crippen molar-refractivity contribution < 1.29 is 14.6 Å². The van der Waals surface area contributed by atoms with Crippen molar-refractivity contribution in [3.8, 4) is 11.5 Å². The van der Waals surface area contributed by atoms with Crippen LogP contribution < -0.4 is 26.1 Å². The van der Waals surface area contributed by atoms with Gasteiger partial charge in [-0.25, -0.2) is 10.2 Å². The number of aryl methyl sites for hydroxylation is 1. The molecule has 2 heterocycles. The summed E-state index contributed by atoms with van der Waals surface area (Å²) in [4.78, 5) is 29.8. The molecule has 0 aliphatic heterocycles. The Bertz CT molecular complexity index is 1510. The highest BCUT2D eigenvalue weighted by Gasteiger charge is 2.21. The van der Waals surface area contributed by atoms with E-state index < -0.39 is 17.4 Å². The van der Waals surface area contributed by atoms with E-state index in [4.69, 9.17) is 9.47 Å². The monoisotopic (exact) mass is 556 g/mol. The highest BCUT2D eigenvalue weighted by Crippen LogP contribution is 2.19. The number of hydrogen-bond donors (Lipinski definition) is 2. The third-order valence-electron chi connectivity index (χ3n) is 5.49. The molecule has 0 spiro atoms. The molecule has 2 aromatic heterocycles. The SMILES string of the molecule is COc1ccc(OC[C@H](O)Cn2c(N/N=C\c3ccc(Br)cc3)nc3c2c(=O)n(C)c(=O)n3C)cc1. The molecule has 2 N–H and O–H groups in total. The van der Waals surface area contributed by atoms with Crippen LogP contribution in [0.3, 0.4) is 0 Å². The van der Waals surface area contributed by atoms with Gasteiger partial charge < -0.3 is 19.1 Å². The average molecular weight is 557 g/mol. The summed E-state index contributed by atoms with van der Waals surface area (Å²) in [5.74, 6) is 1.44. The number of aliphatic hydroxyl groups is 1. The molecule has 4 rings (SSSR count). The van der Waals surface area contributed by atoms with Crippen molar-refractivity contribution in [1.82, 2.24) is 18.7 Å². The molecule has 0 saturated heterocycles. The van der Waals surface area contributed by atoms with Crippen LogP contribution >= 0.6 is 15.9 Å². The molecule has 1 atom stereocenters. The first-order valence-corrected chi connectivity index (χ1v) is 11.7. The van der Waals surface area contributed by atoms with E-state index in [1.807, 2.05) is 24.3 Å². The Balaban J connectivity index is 1.62. The first-order chi connectivity index (χ1) is 17.3. The van der Waals surface area contributed by atoms with E-state index in [2.05, 4.69) is 31.4 Å². The molecule has 0 aliphatic rings. The molecule has 0 saturated carbocycles. The predicted octanol–water partition coefficient (Wildman–Crippen LogP) is 2.09. The Morgan fingerprint density at radius 1 is 1.08 bits per heavy atom. The number of aromatic nitrogens is 4. The summed E-state index contributed by atoms with van der Waals surface area (Å²) in [6.45, 7) is -0.0735. The molecule has 0 bridgehead atoms. The van der Waals surface area contributed by atoms with Crippen LogP contribution in [0.15, 0.2) is 67.7 Å². The second-order valence-corrected chi connectivity index (χ2v) is 8.90. The Labute approximate surface area is 214 Å². The van der Waals surface area contributed by atoms with Gasteiger partial charge >= 0.3 is 5.69 Å². The lowest BCUT2D eigenvalue weighted by atomic mass is 10.2. The zero-order chi connectivity index (χ0) is 25.8. The van der Waals surface area contributed by atoms with Crippen molar-refractivity contribution in [2.45, 2.75) is 12.6 Å². The molecular formula is C24H25BrN6O5. The number of hydrogen-bond acceptors (Lipinski definition) is 8. The summed E-state index contributed by atoms with van der Waals surface area (Å²) in [6, 6.07) is 14.5. The number of nitrogens with one attached hydrogen (secondary N) is 1. The zero-order valence-corrected chi connectivity index (χ0v) is 21.5. The number of ether oxygens (including phenoxy) is 2. The van der Waals surface area contributed by atoms with Crippen LogP contribution in [-0.4, -0.2) is 49.8 Å². The maximum atomic E-state index is 13.0. The van der Waals surface area contributed by atoms with Gasteiger partial charge in [0.05, 0.1) is 19.9 Å². The van der Waals surface area contributed by atoms with Crippen LogP contribution in [0.4, 0.5) is 5.95 Å². The van der Waals surface area contributed by atoms with Crippen molar-refractivity contribution in [2.75, 3.05) is 19.1 Å². The van der Waals surface area contributed by atoms with Crippen molar-refractivity contribution in [3.05, 3.63) is 79.4 Å². The maximum Gasteiger partial charge on any atom is 0.332 e. The number of anilines is 1. The quantitative estimate of drug-likeness (QED) is 0.239. The van der Waals surface area contributed by atoms with Gasteiger partial charge in [0.25, 0.3) is 5.56 Å². The predicted molar refractivity (Wildman–Crippen MR) is 140 cm³/mol. The number of nitrogens with zero attached hydrogens (tertiary/aromatic N) is 5. The van der Waals surface area contributed by atoms with Gasteiger partial charge in [0, 0.05) is 18.6 Å². The molecule has 0 fully saturated rings. The van der Waals surface area contributed by atoms with E-state index >= 15 is 0 Å². The molecule has 0 radical (unpaired) electrons. The van der Waals surface area contributed by atoms with Crippen molar-refractivity contribution in [3.63, 3.8) is 0 Å². The van der Waals surface area contributed by atoms with Crippen molar-refractivity contribution in [1.29, 1.82) is 0 Å². The van der Waals surface area contributed by atoms with Gasteiger partial charge in [-0.2, -0.15) is 10.1 Å². The Morgan fingerprint density at radius 3 is 2.42 bits per heavy atom. The number of fused-ring (bicyclic) bond motifs is 1. The molecule has 4 aromatic rings. The average Bonchev–Trinajstić information content (AvgIpc) is 3.24. The van der Waals surface area contributed by atoms with Crippen LogP contribution in [-0.2, 0) is 20.6 Å². The van der Waals surface area contributed by atoms with E-state index in [1.54, 1.807) is 37.6 Å². The summed E-state index contributed by atoms with van der Waals surface area (Å²) < 4.78 is 15.5.